The fourth-order valence-corrected chi connectivity index (χ4v) is 3.88. The summed E-state index contributed by atoms with van der Waals surface area (Å²) >= 11 is 0. The maximum absolute atomic E-state index is 13.0. The molecule has 0 unspecified atom stereocenters. The number of unbranched alkanes of at least 4 members (excludes halogenated alkanes) is 2. The van der Waals surface area contributed by atoms with Crippen molar-refractivity contribution in [3.8, 4) is 0 Å². The van der Waals surface area contributed by atoms with Gasteiger partial charge in [-0.3, -0.25) is 14.2 Å². The van der Waals surface area contributed by atoms with Gasteiger partial charge in [0.05, 0.1) is 12.1 Å². The number of ether oxygens (including phenoxy) is 1. The van der Waals surface area contributed by atoms with Crippen LogP contribution < -0.4 is 4.90 Å². The fraction of sp³-hybridized carbons (Fsp3) is 0.231. The van der Waals surface area contributed by atoms with Gasteiger partial charge >= 0.3 is 5.97 Å². The Labute approximate surface area is 182 Å². The second kappa shape index (κ2) is 9.47. The number of hydrogen-bond donors (Lipinski definition) is 0. The Morgan fingerprint density at radius 1 is 0.968 bits per heavy atom. The lowest BCUT2D eigenvalue weighted by atomic mass is 9.99. The highest BCUT2D eigenvalue weighted by atomic mass is 16.5. The highest BCUT2D eigenvalue weighted by Crippen LogP contribution is 2.33. The van der Waals surface area contributed by atoms with E-state index in [1.54, 1.807) is 10.6 Å². The van der Waals surface area contributed by atoms with Gasteiger partial charge in [0.1, 0.15) is 0 Å². The largest absolute Gasteiger partial charge is 0.466 e. The molecule has 2 heterocycles. The predicted octanol–water partition coefficient (Wildman–Crippen LogP) is 5.43. The molecule has 0 spiro atoms. The third-order valence-corrected chi connectivity index (χ3v) is 5.42. The highest BCUT2D eigenvalue weighted by molar-refractivity contribution is 6.05. The Balaban J connectivity index is 1.47. The van der Waals surface area contributed by atoms with Crippen molar-refractivity contribution in [1.82, 2.24) is 4.57 Å². The van der Waals surface area contributed by atoms with Crippen LogP contribution in [0.15, 0.2) is 79.1 Å². The van der Waals surface area contributed by atoms with Gasteiger partial charge in [-0.25, -0.2) is 0 Å². The summed E-state index contributed by atoms with van der Waals surface area (Å²) in [5.41, 5.74) is 3.97. The van der Waals surface area contributed by atoms with Gasteiger partial charge in [-0.1, -0.05) is 36.4 Å². The molecule has 3 aromatic rings. The average molecular weight is 415 g/mol. The summed E-state index contributed by atoms with van der Waals surface area (Å²) in [7, 11) is 0. The quantitative estimate of drug-likeness (QED) is 0.294. The molecule has 2 aromatic carbocycles. The lowest BCUT2D eigenvalue weighted by Gasteiger charge is -2.27. The van der Waals surface area contributed by atoms with E-state index in [-0.39, 0.29) is 11.9 Å². The molecular weight excluding hydrogens is 388 g/mol. The molecule has 4 rings (SSSR count). The van der Waals surface area contributed by atoms with E-state index in [1.165, 1.54) is 6.92 Å². The average Bonchev–Trinajstić information content (AvgIpc) is 3.21. The first-order chi connectivity index (χ1) is 15.1. The van der Waals surface area contributed by atoms with Crippen LogP contribution in [0.2, 0.25) is 0 Å². The monoisotopic (exact) mass is 414 g/mol. The molecule has 1 aliphatic rings. The van der Waals surface area contributed by atoms with Crippen molar-refractivity contribution in [2.75, 3.05) is 18.1 Å². The second-order valence-electron chi connectivity index (χ2n) is 7.61. The zero-order valence-corrected chi connectivity index (χ0v) is 17.7. The van der Waals surface area contributed by atoms with Gasteiger partial charge < -0.3 is 9.64 Å². The third kappa shape index (κ3) is 4.77. The van der Waals surface area contributed by atoms with E-state index >= 15 is 0 Å². The molecule has 5 heteroatoms. The molecule has 158 valence electrons. The zero-order valence-electron chi connectivity index (χ0n) is 17.7. The zero-order chi connectivity index (χ0) is 21.6. The number of carbonyl (C=O) groups is 2. The summed E-state index contributed by atoms with van der Waals surface area (Å²) in [6, 6.07) is 18.0. The molecule has 0 saturated carbocycles. The van der Waals surface area contributed by atoms with E-state index in [4.69, 9.17) is 4.74 Å². The fourth-order valence-electron chi connectivity index (χ4n) is 3.88. The molecule has 0 N–H and O–H groups in total. The Kier molecular flexibility index (Phi) is 6.32. The molecule has 0 aliphatic carbocycles. The number of allylic oxidation sites excluding steroid dienone is 3. The highest BCUT2D eigenvalue weighted by Gasteiger charge is 2.17. The SMILES string of the molecule is CC(=O)OCCCCCN1C=C/C(=C\C(=O)n2ccc3ccccc32)c2ccccc21. The first-order valence-electron chi connectivity index (χ1n) is 10.6. The smallest absolute Gasteiger partial charge is 0.302 e. The first kappa shape index (κ1) is 20.7. The molecular formula is C26H26N2O3. The van der Waals surface area contributed by atoms with Gasteiger partial charge in [-0.2, -0.15) is 0 Å². The minimum Gasteiger partial charge on any atom is -0.466 e. The Bertz CT molecular complexity index is 1160. The summed E-state index contributed by atoms with van der Waals surface area (Å²) in [5, 5.41) is 1.05. The molecule has 31 heavy (non-hydrogen) atoms. The van der Waals surface area contributed by atoms with Gasteiger partial charge in [0, 0.05) is 48.6 Å². The van der Waals surface area contributed by atoms with Crippen molar-refractivity contribution in [2.45, 2.75) is 26.2 Å². The summed E-state index contributed by atoms with van der Waals surface area (Å²) in [6.07, 6.45) is 10.4. The Morgan fingerprint density at radius 3 is 2.65 bits per heavy atom. The van der Waals surface area contributed by atoms with E-state index in [0.717, 1.165) is 53.5 Å². The third-order valence-electron chi connectivity index (χ3n) is 5.42. The number of para-hydroxylation sites is 2. The van der Waals surface area contributed by atoms with Gasteiger partial charge in [-0.05, 0) is 49.1 Å². The topological polar surface area (TPSA) is 51.5 Å². The minimum atomic E-state index is -0.227. The molecule has 5 nitrogen and oxygen atoms in total. The minimum absolute atomic E-state index is 0.0606. The maximum Gasteiger partial charge on any atom is 0.302 e. The lowest BCUT2D eigenvalue weighted by molar-refractivity contribution is -0.141. The summed E-state index contributed by atoms with van der Waals surface area (Å²) in [5.74, 6) is -0.288. The van der Waals surface area contributed by atoms with E-state index in [2.05, 4.69) is 17.0 Å². The number of nitrogens with zero attached hydrogens (tertiary/aromatic N) is 2. The van der Waals surface area contributed by atoms with E-state index < -0.39 is 0 Å². The van der Waals surface area contributed by atoms with Crippen LogP contribution in [0.4, 0.5) is 5.69 Å². The van der Waals surface area contributed by atoms with Crippen molar-refractivity contribution in [3.63, 3.8) is 0 Å². The van der Waals surface area contributed by atoms with Crippen molar-refractivity contribution >= 4 is 34.0 Å². The van der Waals surface area contributed by atoms with Crippen molar-refractivity contribution in [3.05, 3.63) is 84.7 Å². The van der Waals surface area contributed by atoms with E-state index in [1.807, 2.05) is 60.9 Å². The normalized spacial score (nSPS) is 14.1. The molecule has 0 fully saturated rings. The predicted molar refractivity (Wildman–Crippen MR) is 124 cm³/mol. The molecule has 0 radical (unpaired) electrons. The Morgan fingerprint density at radius 2 is 1.77 bits per heavy atom. The van der Waals surface area contributed by atoms with Crippen molar-refractivity contribution in [1.29, 1.82) is 0 Å². The number of rotatable bonds is 7. The standard InChI is InChI=1S/C26H26N2O3/c1-20(29)31-18-8-2-7-15-27-16-13-22(23-10-4-6-12-25(23)27)19-26(30)28-17-14-21-9-3-5-11-24(21)28/h3-6,9-14,16-17,19H,2,7-8,15,18H2,1H3/b22-19+. The Hall–Kier alpha value is -3.60. The van der Waals surface area contributed by atoms with Gasteiger partial charge in [0.25, 0.3) is 5.91 Å². The van der Waals surface area contributed by atoms with Crippen LogP contribution in [-0.4, -0.2) is 29.6 Å². The molecule has 0 atom stereocenters. The van der Waals surface area contributed by atoms with E-state index in [9.17, 15) is 9.59 Å². The second-order valence-corrected chi connectivity index (χ2v) is 7.61. The van der Waals surface area contributed by atoms with Crippen molar-refractivity contribution in [2.24, 2.45) is 0 Å². The molecule has 0 bridgehead atoms. The van der Waals surface area contributed by atoms with Gasteiger partial charge in [0.2, 0.25) is 0 Å². The lowest BCUT2D eigenvalue weighted by Crippen LogP contribution is -2.21. The van der Waals surface area contributed by atoms with Crippen LogP contribution in [-0.2, 0) is 9.53 Å². The van der Waals surface area contributed by atoms with Crippen LogP contribution in [0.5, 0.6) is 0 Å². The number of hydrogen-bond acceptors (Lipinski definition) is 4. The van der Waals surface area contributed by atoms with Gasteiger partial charge in [-0.15, -0.1) is 0 Å². The van der Waals surface area contributed by atoms with Crippen LogP contribution in [0.1, 0.15) is 36.5 Å². The number of benzene rings is 2. The molecule has 1 aromatic heterocycles. The molecule has 0 amide bonds. The number of esters is 1. The van der Waals surface area contributed by atoms with Crippen LogP contribution in [0.25, 0.3) is 16.5 Å². The van der Waals surface area contributed by atoms with Crippen molar-refractivity contribution < 1.29 is 14.3 Å². The van der Waals surface area contributed by atoms with Crippen LogP contribution in [0.3, 0.4) is 0 Å². The number of aromatic nitrogens is 1. The number of fused-ring (bicyclic) bond motifs is 2. The maximum atomic E-state index is 13.0. The molecule has 0 saturated heterocycles. The van der Waals surface area contributed by atoms with E-state index in [0.29, 0.717) is 6.61 Å². The first-order valence-corrected chi connectivity index (χ1v) is 10.6. The van der Waals surface area contributed by atoms with Crippen LogP contribution >= 0.6 is 0 Å². The number of anilines is 1. The van der Waals surface area contributed by atoms with Gasteiger partial charge in [0.15, 0.2) is 0 Å². The summed E-state index contributed by atoms with van der Waals surface area (Å²) in [4.78, 5) is 26.1. The number of carbonyl (C=O) groups excluding carboxylic acids is 2. The summed E-state index contributed by atoms with van der Waals surface area (Å²) < 4.78 is 6.68. The molecule has 1 aliphatic heterocycles. The van der Waals surface area contributed by atoms with Crippen LogP contribution in [0, 0.1) is 0 Å². The summed E-state index contributed by atoms with van der Waals surface area (Å²) in [6.45, 7) is 2.78.